The molecule has 0 saturated carbocycles. The molecule has 6 nitrogen and oxygen atoms in total. The average Bonchev–Trinajstić information content (AvgIpc) is 2.82. The normalized spacial score (nSPS) is 12.9. The van der Waals surface area contributed by atoms with Gasteiger partial charge in [-0.25, -0.2) is 0 Å². The minimum atomic E-state index is 0. The smallest absolute Gasteiger partial charge is 0.222 e. The van der Waals surface area contributed by atoms with Crippen molar-refractivity contribution in [3.63, 3.8) is 0 Å². The maximum atomic E-state index is 12.6. The van der Waals surface area contributed by atoms with E-state index in [1.54, 1.807) is 13.1 Å². The number of hydrogen-bond donors (Lipinski definition) is 2. The summed E-state index contributed by atoms with van der Waals surface area (Å²) in [6, 6.07) is 16.3. The van der Waals surface area contributed by atoms with Gasteiger partial charge in [-0.3, -0.25) is 9.79 Å². The van der Waals surface area contributed by atoms with Crippen LogP contribution in [-0.4, -0.2) is 43.5 Å². The Bertz CT molecular complexity index is 916. The molecule has 0 atom stereocenters. The summed E-state index contributed by atoms with van der Waals surface area (Å²) < 4.78 is 5.70. The highest BCUT2D eigenvalue weighted by Crippen LogP contribution is 2.19. The molecule has 2 aromatic carbocycles. The van der Waals surface area contributed by atoms with Crippen LogP contribution in [0.5, 0.6) is 5.75 Å². The van der Waals surface area contributed by atoms with Crippen LogP contribution in [0, 0.1) is 0 Å². The number of rotatable bonds is 9. The summed E-state index contributed by atoms with van der Waals surface area (Å²) in [5.41, 5.74) is 3.68. The summed E-state index contributed by atoms with van der Waals surface area (Å²) in [6.07, 6.45) is 3.96. The van der Waals surface area contributed by atoms with Gasteiger partial charge >= 0.3 is 0 Å². The SMILES string of the molecule is C=CCOc1ccccc1CNC(=NC)NCCCC(=O)N1CCc2ccccc2C1.I. The topological polar surface area (TPSA) is 66.0 Å². The van der Waals surface area contributed by atoms with E-state index in [1.165, 1.54) is 11.1 Å². The maximum absolute atomic E-state index is 12.6. The summed E-state index contributed by atoms with van der Waals surface area (Å²) in [5, 5.41) is 6.59. The van der Waals surface area contributed by atoms with Gasteiger partial charge in [0.25, 0.3) is 0 Å². The minimum Gasteiger partial charge on any atom is -0.489 e. The Labute approximate surface area is 208 Å². The Morgan fingerprint density at radius 2 is 1.91 bits per heavy atom. The zero-order valence-corrected chi connectivity index (χ0v) is 21.0. The van der Waals surface area contributed by atoms with Crippen LogP contribution in [-0.2, 0) is 24.3 Å². The summed E-state index contributed by atoms with van der Waals surface area (Å²) >= 11 is 0. The summed E-state index contributed by atoms with van der Waals surface area (Å²) in [5.74, 6) is 1.75. The molecule has 0 fully saturated rings. The Morgan fingerprint density at radius 3 is 2.69 bits per heavy atom. The zero-order valence-electron chi connectivity index (χ0n) is 18.7. The van der Waals surface area contributed by atoms with E-state index in [2.05, 4.69) is 40.4 Å². The van der Waals surface area contributed by atoms with E-state index in [1.807, 2.05) is 35.2 Å². The molecule has 32 heavy (non-hydrogen) atoms. The molecule has 0 aromatic heterocycles. The number of hydrogen-bond acceptors (Lipinski definition) is 3. The van der Waals surface area contributed by atoms with Crippen LogP contribution >= 0.6 is 24.0 Å². The Balaban J connectivity index is 0.00000363. The molecule has 1 aliphatic heterocycles. The van der Waals surface area contributed by atoms with Crippen LogP contribution in [0.2, 0.25) is 0 Å². The largest absolute Gasteiger partial charge is 0.489 e. The van der Waals surface area contributed by atoms with Crippen molar-refractivity contribution >= 4 is 35.8 Å². The van der Waals surface area contributed by atoms with E-state index >= 15 is 0 Å². The highest BCUT2D eigenvalue weighted by Gasteiger charge is 2.19. The number of guanidine groups is 1. The fourth-order valence-corrected chi connectivity index (χ4v) is 3.65. The quantitative estimate of drug-likeness (QED) is 0.164. The predicted molar refractivity (Wildman–Crippen MR) is 141 cm³/mol. The summed E-state index contributed by atoms with van der Waals surface area (Å²) in [7, 11) is 1.74. The molecule has 2 aromatic rings. The molecule has 0 unspecified atom stereocenters. The number of aliphatic imine (C=N–C) groups is 1. The van der Waals surface area contributed by atoms with E-state index in [4.69, 9.17) is 4.74 Å². The number of fused-ring (bicyclic) bond motifs is 1. The molecule has 1 aliphatic rings. The number of carbonyl (C=O) groups excluding carboxylic acids is 1. The third-order valence-corrected chi connectivity index (χ3v) is 5.34. The second kappa shape index (κ2) is 13.8. The van der Waals surface area contributed by atoms with Gasteiger partial charge in [0.2, 0.25) is 5.91 Å². The predicted octanol–water partition coefficient (Wildman–Crippen LogP) is 3.90. The molecule has 3 rings (SSSR count). The molecule has 0 bridgehead atoms. The lowest BCUT2D eigenvalue weighted by Crippen LogP contribution is -2.38. The second-order valence-corrected chi connectivity index (χ2v) is 7.50. The number of amides is 1. The van der Waals surface area contributed by atoms with Crippen molar-refractivity contribution in [3.8, 4) is 5.75 Å². The van der Waals surface area contributed by atoms with E-state index in [9.17, 15) is 4.79 Å². The average molecular weight is 548 g/mol. The molecule has 0 aliphatic carbocycles. The molecule has 0 radical (unpaired) electrons. The molecular formula is C25H33IN4O2. The van der Waals surface area contributed by atoms with Gasteiger partial charge in [0.1, 0.15) is 12.4 Å². The first kappa shape index (κ1) is 25.7. The lowest BCUT2D eigenvalue weighted by atomic mass is 9.99. The molecule has 1 heterocycles. The third kappa shape index (κ3) is 7.55. The van der Waals surface area contributed by atoms with Gasteiger partial charge in [0.15, 0.2) is 5.96 Å². The molecule has 0 saturated heterocycles. The van der Waals surface area contributed by atoms with Crippen LogP contribution in [0.3, 0.4) is 0 Å². The van der Waals surface area contributed by atoms with Gasteiger partial charge in [-0.05, 0) is 30.0 Å². The van der Waals surface area contributed by atoms with E-state index in [0.717, 1.165) is 37.2 Å². The van der Waals surface area contributed by atoms with Crippen molar-refractivity contribution < 1.29 is 9.53 Å². The van der Waals surface area contributed by atoms with Crippen molar-refractivity contribution in [1.29, 1.82) is 0 Å². The van der Waals surface area contributed by atoms with Crippen LogP contribution in [0.4, 0.5) is 0 Å². The Hall–Kier alpha value is -2.55. The van der Waals surface area contributed by atoms with Gasteiger partial charge in [0, 0.05) is 45.2 Å². The van der Waals surface area contributed by atoms with Crippen molar-refractivity contribution in [3.05, 3.63) is 77.9 Å². The van der Waals surface area contributed by atoms with Gasteiger partial charge in [-0.2, -0.15) is 0 Å². The number of nitrogens with one attached hydrogen (secondary N) is 2. The lowest BCUT2D eigenvalue weighted by molar-refractivity contribution is -0.132. The zero-order chi connectivity index (χ0) is 21.9. The number of benzene rings is 2. The van der Waals surface area contributed by atoms with Crippen LogP contribution in [0.1, 0.15) is 29.5 Å². The fourth-order valence-electron chi connectivity index (χ4n) is 3.65. The second-order valence-electron chi connectivity index (χ2n) is 7.50. The Morgan fingerprint density at radius 1 is 1.16 bits per heavy atom. The Kier molecular flexibility index (Phi) is 11.1. The van der Waals surface area contributed by atoms with Gasteiger partial charge in [0.05, 0.1) is 0 Å². The first-order valence-electron chi connectivity index (χ1n) is 10.8. The van der Waals surface area contributed by atoms with Crippen molar-refractivity contribution in [2.75, 3.05) is 26.7 Å². The number of ether oxygens (including phenoxy) is 1. The first-order chi connectivity index (χ1) is 15.2. The van der Waals surface area contributed by atoms with E-state index < -0.39 is 0 Å². The van der Waals surface area contributed by atoms with Crippen LogP contribution in [0.25, 0.3) is 0 Å². The number of para-hydroxylation sites is 1. The molecule has 7 heteroatoms. The first-order valence-corrected chi connectivity index (χ1v) is 10.8. The molecule has 0 spiro atoms. The lowest BCUT2D eigenvalue weighted by Gasteiger charge is -2.29. The van der Waals surface area contributed by atoms with Gasteiger partial charge < -0.3 is 20.3 Å². The fraction of sp³-hybridized carbons (Fsp3) is 0.360. The highest BCUT2D eigenvalue weighted by atomic mass is 127. The molecule has 1 amide bonds. The molecule has 172 valence electrons. The molecular weight excluding hydrogens is 515 g/mol. The van der Waals surface area contributed by atoms with Crippen molar-refractivity contribution in [2.24, 2.45) is 4.99 Å². The van der Waals surface area contributed by atoms with E-state index in [0.29, 0.717) is 32.1 Å². The van der Waals surface area contributed by atoms with Gasteiger partial charge in [-0.1, -0.05) is 55.1 Å². The minimum absolute atomic E-state index is 0. The summed E-state index contributed by atoms with van der Waals surface area (Å²) in [6.45, 7) is 6.97. The van der Waals surface area contributed by atoms with Crippen LogP contribution < -0.4 is 15.4 Å². The molecule has 2 N–H and O–H groups in total. The number of nitrogens with zero attached hydrogens (tertiary/aromatic N) is 2. The number of halogens is 1. The van der Waals surface area contributed by atoms with Crippen molar-refractivity contribution in [2.45, 2.75) is 32.4 Å². The summed E-state index contributed by atoms with van der Waals surface area (Å²) in [4.78, 5) is 18.8. The monoisotopic (exact) mass is 548 g/mol. The highest BCUT2D eigenvalue weighted by molar-refractivity contribution is 14.0. The van der Waals surface area contributed by atoms with Gasteiger partial charge in [-0.15, -0.1) is 24.0 Å². The number of carbonyl (C=O) groups is 1. The third-order valence-electron chi connectivity index (χ3n) is 5.34. The standard InChI is InChI=1S/C25H32N4O2.HI/c1-3-17-31-23-12-7-6-10-21(23)18-28-25(26-2)27-15-8-13-24(30)29-16-14-20-9-4-5-11-22(20)19-29;/h3-7,9-12H,1,8,13-19H2,2H3,(H2,26,27,28);1H. The van der Waals surface area contributed by atoms with Crippen LogP contribution in [0.15, 0.2) is 66.2 Å². The van der Waals surface area contributed by atoms with E-state index in [-0.39, 0.29) is 29.9 Å². The maximum Gasteiger partial charge on any atom is 0.222 e. The van der Waals surface area contributed by atoms with Crippen molar-refractivity contribution in [1.82, 2.24) is 15.5 Å².